The van der Waals surface area contributed by atoms with Crippen LogP contribution in [0.1, 0.15) is 6.42 Å². The third-order valence-electron chi connectivity index (χ3n) is 4.25. The van der Waals surface area contributed by atoms with Gasteiger partial charge in [0.2, 0.25) is 0 Å². The smallest absolute Gasteiger partial charge is 0.394 e. The molecule has 0 bridgehead atoms. The van der Waals surface area contributed by atoms with Crippen molar-refractivity contribution in [3.63, 3.8) is 0 Å². The van der Waals surface area contributed by atoms with Crippen LogP contribution in [0.2, 0.25) is 0 Å². The van der Waals surface area contributed by atoms with Gasteiger partial charge in [-0.15, -0.1) is 0 Å². The van der Waals surface area contributed by atoms with E-state index in [-0.39, 0.29) is 12.3 Å². The number of hydrogen-bond donors (Lipinski definition) is 5. The summed E-state index contributed by atoms with van der Waals surface area (Å²) < 4.78 is 119. The molecule has 1 saturated heterocycles. The second-order valence-electron chi connectivity index (χ2n) is 6.42. The summed E-state index contributed by atoms with van der Waals surface area (Å²) in [4.78, 5) is 0. The summed E-state index contributed by atoms with van der Waals surface area (Å²) in [7, 11) is 0. The topological polar surface area (TPSA) is 102 Å². The maximum Gasteiger partial charge on any atom is 0.460 e. The van der Waals surface area contributed by atoms with Gasteiger partial charge in [0.15, 0.2) is 0 Å². The second-order valence-corrected chi connectivity index (χ2v) is 7.64. The van der Waals surface area contributed by atoms with Crippen LogP contribution in [0.5, 0.6) is 0 Å². The first-order valence-corrected chi connectivity index (χ1v) is 9.48. The summed E-state index contributed by atoms with van der Waals surface area (Å²) in [5.74, 6) is -20.2. The Bertz CT molecular complexity index is 552. The minimum absolute atomic E-state index is 0.146. The molecule has 0 aromatic heterocycles. The summed E-state index contributed by atoms with van der Waals surface area (Å²) in [5, 5.41) is 40.4. The molecule has 180 valence electrons. The van der Waals surface area contributed by atoms with Crippen molar-refractivity contribution >= 4 is 11.8 Å². The lowest BCUT2D eigenvalue weighted by Crippen LogP contribution is -2.62. The fraction of sp³-hybridized carbons (Fsp3) is 1.00. The fourth-order valence-corrected chi connectivity index (χ4v) is 3.28. The van der Waals surface area contributed by atoms with Crippen LogP contribution in [0.4, 0.5) is 39.5 Å². The van der Waals surface area contributed by atoms with Gasteiger partial charge in [0.1, 0.15) is 30.6 Å². The van der Waals surface area contributed by atoms with Gasteiger partial charge in [0.25, 0.3) is 0 Å². The SMILES string of the molecule is OCC1OC(NCCSCCC(F)(F)C(F)(F)C(F)(F)C(F)(F)F)C(O)C(O)C1O. The molecule has 6 nitrogen and oxygen atoms in total. The van der Waals surface area contributed by atoms with Gasteiger partial charge in [-0.1, -0.05) is 0 Å². The average Bonchev–Trinajstić information content (AvgIpc) is 2.62. The lowest BCUT2D eigenvalue weighted by Gasteiger charge is -2.40. The minimum atomic E-state index is -6.92. The van der Waals surface area contributed by atoms with Crippen molar-refractivity contribution in [3.8, 4) is 0 Å². The predicted octanol–water partition coefficient (Wildman–Crippen LogP) is 0.967. The number of halogens is 9. The van der Waals surface area contributed by atoms with Crippen LogP contribution in [-0.4, -0.2) is 99.7 Å². The number of thioether (sulfide) groups is 1. The maximum atomic E-state index is 13.4. The number of hydrogen-bond acceptors (Lipinski definition) is 7. The summed E-state index contributed by atoms with van der Waals surface area (Å²) in [6.45, 7) is -0.863. The monoisotopic (exact) mass is 485 g/mol. The van der Waals surface area contributed by atoms with Gasteiger partial charge in [-0.05, 0) is 5.75 Å². The third kappa shape index (κ3) is 5.63. The number of nitrogens with one attached hydrogen (secondary N) is 1. The Balaban J connectivity index is 2.48. The molecule has 5 unspecified atom stereocenters. The zero-order chi connectivity index (χ0) is 23.5. The highest BCUT2D eigenvalue weighted by Gasteiger charge is 2.81. The largest absolute Gasteiger partial charge is 0.460 e. The Labute approximate surface area is 168 Å². The van der Waals surface area contributed by atoms with Gasteiger partial charge in [-0.3, -0.25) is 5.32 Å². The van der Waals surface area contributed by atoms with Crippen LogP contribution in [0.3, 0.4) is 0 Å². The van der Waals surface area contributed by atoms with Gasteiger partial charge < -0.3 is 25.2 Å². The standard InChI is InChI=1S/C14H20F9NO5S/c15-11(16,12(17,18)13(19,20)14(21,22)23)1-3-30-4-2-24-10-9(28)8(27)7(26)6(5-25)29-10/h6-10,24-28H,1-5H2. The molecule has 0 spiro atoms. The lowest BCUT2D eigenvalue weighted by molar-refractivity contribution is -0.396. The fourth-order valence-electron chi connectivity index (χ4n) is 2.41. The van der Waals surface area contributed by atoms with Crippen LogP contribution < -0.4 is 5.32 Å². The zero-order valence-corrected chi connectivity index (χ0v) is 15.7. The Hall–Kier alpha value is -0.520. The summed E-state index contributed by atoms with van der Waals surface area (Å²) >= 11 is 0.512. The van der Waals surface area contributed by atoms with Crippen molar-refractivity contribution in [2.45, 2.75) is 61.0 Å². The van der Waals surface area contributed by atoms with Crippen molar-refractivity contribution in [1.82, 2.24) is 5.32 Å². The first kappa shape index (κ1) is 27.5. The van der Waals surface area contributed by atoms with Crippen molar-refractivity contribution in [2.24, 2.45) is 0 Å². The molecule has 30 heavy (non-hydrogen) atoms. The van der Waals surface area contributed by atoms with Crippen molar-refractivity contribution in [1.29, 1.82) is 0 Å². The molecular formula is C14H20F9NO5S. The molecule has 0 aromatic carbocycles. The quantitative estimate of drug-likeness (QED) is 0.232. The van der Waals surface area contributed by atoms with E-state index in [4.69, 9.17) is 9.84 Å². The Kier molecular flexibility index (Phi) is 9.13. The van der Waals surface area contributed by atoms with E-state index >= 15 is 0 Å². The minimum Gasteiger partial charge on any atom is -0.394 e. The molecule has 5 atom stereocenters. The molecule has 1 aliphatic rings. The van der Waals surface area contributed by atoms with Gasteiger partial charge in [0.05, 0.1) is 6.61 Å². The molecule has 1 aliphatic heterocycles. The highest BCUT2D eigenvalue weighted by Crippen LogP contribution is 2.54. The average molecular weight is 485 g/mol. The molecule has 0 saturated carbocycles. The number of alkyl halides is 9. The van der Waals surface area contributed by atoms with E-state index in [1.165, 1.54) is 0 Å². The Morgan fingerprint density at radius 2 is 1.37 bits per heavy atom. The normalized spacial score (nSPS) is 29.3. The van der Waals surface area contributed by atoms with Crippen molar-refractivity contribution in [3.05, 3.63) is 0 Å². The maximum absolute atomic E-state index is 13.4. The molecule has 5 N–H and O–H groups in total. The highest BCUT2D eigenvalue weighted by atomic mass is 32.2. The molecule has 16 heteroatoms. The third-order valence-corrected chi connectivity index (χ3v) is 5.24. The molecule has 0 amide bonds. The van der Waals surface area contributed by atoms with Gasteiger partial charge in [-0.2, -0.15) is 51.3 Å². The zero-order valence-electron chi connectivity index (χ0n) is 14.9. The number of rotatable bonds is 10. The summed E-state index contributed by atoms with van der Waals surface area (Å²) in [6, 6.07) is 0. The molecule has 1 heterocycles. The first-order valence-electron chi connectivity index (χ1n) is 8.33. The van der Waals surface area contributed by atoms with E-state index in [0.29, 0.717) is 11.8 Å². The van der Waals surface area contributed by atoms with E-state index in [2.05, 4.69) is 5.32 Å². The van der Waals surface area contributed by atoms with Gasteiger partial charge in [0, 0.05) is 18.7 Å². The molecule has 0 aromatic rings. The molecule has 1 rings (SSSR count). The number of ether oxygens (including phenoxy) is 1. The van der Waals surface area contributed by atoms with E-state index in [1.54, 1.807) is 0 Å². The Morgan fingerprint density at radius 1 is 0.800 bits per heavy atom. The highest BCUT2D eigenvalue weighted by molar-refractivity contribution is 7.99. The van der Waals surface area contributed by atoms with E-state index in [0.717, 1.165) is 0 Å². The Morgan fingerprint density at radius 3 is 1.87 bits per heavy atom. The summed E-state index contributed by atoms with van der Waals surface area (Å²) in [5.41, 5.74) is 0. The molecule has 1 fully saturated rings. The predicted molar refractivity (Wildman–Crippen MR) is 84.6 cm³/mol. The van der Waals surface area contributed by atoms with E-state index in [9.17, 15) is 54.8 Å². The van der Waals surface area contributed by atoms with Crippen LogP contribution in [-0.2, 0) is 4.74 Å². The first-order chi connectivity index (χ1) is 13.5. The molecule has 0 aliphatic carbocycles. The van der Waals surface area contributed by atoms with Crippen molar-refractivity contribution in [2.75, 3.05) is 24.7 Å². The van der Waals surface area contributed by atoms with E-state index in [1.807, 2.05) is 0 Å². The summed E-state index contributed by atoms with van der Waals surface area (Å²) in [6.07, 6.45) is -16.3. The van der Waals surface area contributed by atoms with Crippen LogP contribution in [0.15, 0.2) is 0 Å². The number of aliphatic hydroxyl groups excluding tert-OH is 4. The number of aliphatic hydroxyl groups is 4. The van der Waals surface area contributed by atoms with Crippen LogP contribution in [0, 0.1) is 0 Å². The molecule has 0 radical (unpaired) electrons. The van der Waals surface area contributed by atoms with Gasteiger partial charge in [-0.25, -0.2) is 0 Å². The van der Waals surface area contributed by atoms with Gasteiger partial charge >= 0.3 is 23.9 Å². The van der Waals surface area contributed by atoms with Crippen LogP contribution >= 0.6 is 11.8 Å². The molecular weight excluding hydrogens is 465 g/mol. The second kappa shape index (κ2) is 9.95. The lowest BCUT2D eigenvalue weighted by atomic mass is 9.98. The van der Waals surface area contributed by atoms with Crippen molar-refractivity contribution < 1.29 is 64.7 Å². The van der Waals surface area contributed by atoms with Crippen LogP contribution in [0.25, 0.3) is 0 Å². The van der Waals surface area contributed by atoms with E-state index < -0.39 is 73.4 Å².